The Balaban J connectivity index is 2.43. The summed E-state index contributed by atoms with van der Waals surface area (Å²) in [6.07, 6.45) is 1.07. The van der Waals surface area contributed by atoms with E-state index >= 15 is 0 Å². The lowest BCUT2D eigenvalue weighted by molar-refractivity contribution is -0.140. The maximum Gasteiger partial charge on any atom is 0.314 e. The minimum Gasteiger partial charge on any atom is -0.505 e. The number of carbonyl (C=O) groups is 1. The molecule has 1 fully saturated rings. The molecular weight excluding hydrogens is 187 g/mol. The summed E-state index contributed by atoms with van der Waals surface area (Å²) in [6.45, 7) is 0. The van der Waals surface area contributed by atoms with Crippen LogP contribution in [-0.4, -0.2) is 16.2 Å². The summed E-state index contributed by atoms with van der Waals surface area (Å²) < 4.78 is 13.0. The number of halogens is 1. The van der Waals surface area contributed by atoms with Crippen molar-refractivity contribution in [2.45, 2.75) is 18.3 Å². The average molecular weight is 196 g/mol. The molecule has 1 saturated carbocycles. The predicted octanol–water partition coefficient (Wildman–Crippen LogP) is 1.65. The first-order valence-corrected chi connectivity index (χ1v) is 4.29. The van der Waals surface area contributed by atoms with Gasteiger partial charge in [-0.25, -0.2) is 4.39 Å². The van der Waals surface area contributed by atoms with E-state index in [1.165, 1.54) is 12.1 Å². The zero-order valence-corrected chi connectivity index (χ0v) is 7.33. The van der Waals surface area contributed by atoms with Gasteiger partial charge < -0.3 is 10.2 Å². The number of carboxylic acid groups (broad SMARTS) is 1. The molecule has 1 aromatic rings. The van der Waals surface area contributed by atoms with Gasteiger partial charge >= 0.3 is 5.97 Å². The van der Waals surface area contributed by atoms with Gasteiger partial charge in [-0.1, -0.05) is 6.07 Å². The molecule has 0 atom stereocenters. The number of aliphatic carboxylic acids is 1. The topological polar surface area (TPSA) is 57.5 Å². The Morgan fingerprint density at radius 2 is 2.07 bits per heavy atom. The SMILES string of the molecule is O=C(O)C1(c2ccc(O)c(F)c2)CC1. The first-order valence-electron chi connectivity index (χ1n) is 4.29. The Kier molecular flexibility index (Phi) is 1.74. The fourth-order valence-electron chi connectivity index (χ4n) is 1.56. The molecule has 0 aliphatic heterocycles. The van der Waals surface area contributed by atoms with E-state index in [-0.39, 0.29) is 0 Å². The molecule has 74 valence electrons. The number of phenols is 1. The van der Waals surface area contributed by atoms with Crippen LogP contribution in [0.2, 0.25) is 0 Å². The highest BCUT2D eigenvalue weighted by atomic mass is 19.1. The van der Waals surface area contributed by atoms with Crippen LogP contribution in [0, 0.1) is 5.82 Å². The highest BCUT2D eigenvalue weighted by molar-refractivity contribution is 5.84. The monoisotopic (exact) mass is 196 g/mol. The van der Waals surface area contributed by atoms with Crippen LogP contribution in [0.15, 0.2) is 18.2 Å². The number of phenolic OH excluding ortho intramolecular Hbond substituents is 1. The second kappa shape index (κ2) is 2.70. The van der Waals surface area contributed by atoms with Crippen molar-refractivity contribution in [3.8, 4) is 5.75 Å². The van der Waals surface area contributed by atoms with Crippen LogP contribution in [0.25, 0.3) is 0 Å². The Hall–Kier alpha value is -1.58. The summed E-state index contributed by atoms with van der Waals surface area (Å²) in [5.41, 5.74) is -0.477. The van der Waals surface area contributed by atoms with Gasteiger partial charge in [0.2, 0.25) is 0 Å². The fourth-order valence-corrected chi connectivity index (χ4v) is 1.56. The van der Waals surface area contributed by atoms with Gasteiger partial charge in [-0.2, -0.15) is 0 Å². The molecule has 0 heterocycles. The van der Waals surface area contributed by atoms with Gasteiger partial charge in [0, 0.05) is 0 Å². The lowest BCUT2D eigenvalue weighted by Crippen LogP contribution is -2.19. The normalized spacial score (nSPS) is 17.8. The maximum absolute atomic E-state index is 13.0. The second-order valence-corrected chi connectivity index (χ2v) is 3.55. The molecule has 1 aliphatic carbocycles. The summed E-state index contributed by atoms with van der Waals surface area (Å²) in [4.78, 5) is 10.9. The molecule has 0 spiro atoms. The molecule has 14 heavy (non-hydrogen) atoms. The molecular formula is C10H9FO3. The zero-order chi connectivity index (χ0) is 10.3. The molecule has 0 bridgehead atoms. The van der Waals surface area contributed by atoms with Gasteiger partial charge in [0.1, 0.15) is 0 Å². The molecule has 1 aliphatic rings. The summed E-state index contributed by atoms with van der Waals surface area (Å²) in [5, 5.41) is 17.9. The second-order valence-electron chi connectivity index (χ2n) is 3.55. The predicted molar refractivity (Wildman–Crippen MR) is 46.6 cm³/mol. The zero-order valence-electron chi connectivity index (χ0n) is 7.33. The average Bonchev–Trinajstić information content (AvgIpc) is 2.90. The molecule has 1 aromatic carbocycles. The highest BCUT2D eigenvalue weighted by Gasteiger charge is 2.51. The van der Waals surface area contributed by atoms with Crippen LogP contribution in [-0.2, 0) is 10.2 Å². The van der Waals surface area contributed by atoms with Crippen LogP contribution in [0.3, 0.4) is 0 Å². The molecule has 0 aromatic heterocycles. The van der Waals surface area contributed by atoms with Crippen molar-refractivity contribution in [3.05, 3.63) is 29.6 Å². The van der Waals surface area contributed by atoms with E-state index in [0.29, 0.717) is 18.4 Å². The van der Waals surface area contributed by atoms with Crippen molar-refractivity contribution in [1.29, 1.82) is 0 Å². The van der Waals surface area contributed by atoms with Crippen LogP contribution < -0.4 is 0 Å². The van der Waals surface area contributed by atoms with Gasteiger partial charge in [0.05, 0.1) is 5.41 Å². The van der Waals surface area contributed by atoms with Crippen molar-refractivity contribution in [1.82, 2.24) is 0 Å². The molecule has 0 amide bonds. The first kappa shape index (κ1) is 8.99. The van der Waals surface area contributed by atoms with Crippen molar-refractivity contribution in [2.24, 2.45) is 0 Å². The maximum atomic E-state index is 13.0. The Morgan fingerprint density at radius 3 is 2.50 bits per heavy atom. The fraction of sp³-hybridized carbons (Fsp3) is 0.300. The lowest BCUT2D eigenvalue weighted by atomic mass is 9.96. The summed E-state index contributed by atoms with van der Waals surface area (Å²) in [6, 6.07) is 3.74. The van der Waals surface area contributed by atoms with Gasteiger partial charge in [-0.05, 0) is 30.5 Å². The van der Waals surface area contributed by atoms with Crippen molar-refractivity contribution in [3.63, 3.8) is 0 Å². The van der Waals surface area contributed by atoms with Crippen LogP contribution >= 0.6 is 0 Å². The van der Waals surface area contributed by atoms with Crippen LogP contribution in [0.4, 0.5) is 4.39 Å². The molecule has 2 rings (SSSR count). The largest absolute Gasteiger partial charge is 0.505 e. The number of aromatic hydroxyl groups is 1. The van der Waals surface area contributed by atoms with E-state index in [1.807, 2.05) is 0 Å². The van der Waals surface area contributed by atoms with Gasteiger partial charge in [0.25, 0.3) is 0 Å². The molecule has 0 radical (unpaired) electrons. The Morgan fingerprint density at radius 1 is 1.43 bits per heavy atom. The quantitative estimate of drug-likeness (QED) is 0.756. The van der Waals surface area contributed by atoms with Crippen molar-refractivity contribution in [2.75, 3.05) is 0 Å². The molecule has 2 N–H and O–H groups in total. The molecule has 0 saturated heterocycles. The van der Waals surface area contributed by atoms with E-state index in [1.54, 1.807) is 0 Å². The molecule has 0 unspecified atom stereocenters. The van der Waals surface area contributed by atoms with Gasteiger partial charge in [-0.15, -0.1) is 0 Å². The van der Waals surface area contributed by atoms with Gasteiger partial charge in [-0.3, -0.25) is 4.79 Å². The molecule has 4 heteroatoms. The van der Waals surface area contributed by atoms with E-state index in [9.17, 15) is 9.18 Å². The van der Waals surface area contributed by atoms with E-state index in [4.69, 9.17) is 10.2 Å². The Bertz CT molecular complexity index is 396. The molecule has 3 nitrogen and oxygen atoms in total. The van der Waals surface area contributed by atoms with E-state index < -0.39 is 23.0 Å². The summed E-state index contributed by atoms with van der Waals surface area (Å²) in [7, 11) is 0. The van der Waals surface area contributed by atoms with Crippen LogP contribution in [0.5, 0.6) is 5.75 Å². The van der Waals surface area contributed by atoms with Crippen LogP contribution in [0.1, 0.15) is 18.4 Å². The minimum absolute atomic E-state index is 0.431. The standard InChI is InChI=1S/C10H9FO3/c11-7-5-6(1-2-8(7)12)10(3-4-10)9(13)14/h1-2,5,12H,3-4H2,(H,13,14). The smallest absolute Gasteiger partial charge is 0.314 e. The Labute approximate surface area is 79.8 Å². The highest BCUT2D eigenvalue weighted by Crippen LogP contribution is 2.48. The lowest BCUT2D eigenvalue weighted by Gasteiger charge is -2.09. The number of carboxylic acids is 1. The third-order valence-electron chi connectivity index (χ3n) is 2.66. The summed E-state index contributed by atoms with van der Waals surface area (Å²) >= 11 is 0. The van der Waals surface area contributed by atoms with Crippen molar-refractivity contribution >= 4 is 5.97 Å². The van der Waals surface area contributed by atoms with E-state index in [2.05, 4.69) is 0 Å². The number of rotatable bonds is 2. The first-order chi connectivity index (χ1) is 6.56. The number of benzene rings is 1. The third-order valence-corrected chi connectivity index (χ3v) is 2.66. The number of hydrogen-bond acceptors (Lipinski definition) is 2. The van der Waals surface area contributed by atoms with Gasteiger partial charge in [0.15, 0.2) is 11.6 Å². The minimum atomic E-state index is -0.928. The van der Waals surface area contributed by atoms with Crippen molar-refractivity contribution < 1.29 is 19.4 Å². The summed E-state index contributed by atoms with van der Waals surface area (Å²) in [5.74, 6) is -2.15. The number of hydrogen-bond donors (Lipinski definition) is 2. The van der Waals surface area contributed by atoms with E-state index in [0.717, 1.165) is 6.07 Å². The third kappa shape index (κ3) is 1.14.